The Morgan fingerprint density at radius 3 is 2.58 bits per heavy atom. The summed E-state index contributed by atoms with van der Waals surface area (Å²) in [5, 5.41) is 14.5. The number of benzene rings is 1. The third kappa shape index (κ3) is 4.46. The molecule has 2 heterocycles. The van der Waals surface area contributed by atoms with Crippen LogP contribution in [0.3, 0.4) is 0 Å². The van der Waals surface area contributed by atoms with Gasteiger partial charge in [-0.2, -0.15) is 0 Å². The lowest BCUT2D eigenvalue weighted by atomic mass is 9.87. The molecule has 0 radical (unpaired) electrons. The lowest BCUT2D eigenvalue weighted by Gasteiger charge is -2.34. The summed E-state index contributed by atoms with van der Waals surface area (Å²) in [6.07, 6.45) is 9.68. The highest BCUT2D eigenvalue weighted by Gasteiger charge is 2.29. The smallest absolute Gasteiger partial charge is 0.163 e. The number of nitrogens with zero attached hydrogens (tertiary/aromatic N) is 2. The minimum atomic E-state index is -0.168. The van der Waals surface area contributed by atoms with E-state index in [1.165, 1.54) is 55.3 Å². The van der Waals surface area contributed by atoms with Crippen LogP contribution in [0.4, 0.5) is 5.82 Å². The molecule has 2 fully saturated rings. The number of ether oxygens (including phenoxy) is 2. The Labute approximate surface area is 184 Å². The van der Waals surface area contributed by atoms with Crippen molar-refractivity contribution in [1.29, 1.82) is 0 Å². The number of aryl methyl sites for hydroxylation is 1. The van der Waals surface area contributed by atoms with E-state index in [1.807, 2.05) is 0 Å². The number of hydrogen-bond donors (Lipinski definition) is 2. The first kappa shape index (κ1) is 20.8. The maximum atomic E-state index is 9.68. The molecule has 2 N–H and O–H groups in total. The van der Waals surface area contributed by atoms with E-state index in [0.717, 1.165) is 61.5 Å². The number of anilines is 1. The molecule has 0 unspecified atom stereocenters. The van der Waals surface area contributed by atoms with Gasteiger partial charge in [0.2, 0.25) is 0 Å². The fourth-order valence-corrected chi connectivity index (χ4v) is 5.30. The maximum Gasteiger partial charge on any atom is 0.163 e. The average Bonchev–Trinajstić information content (AvgIpc) is 3.29. The lowest BCUT2D eigenvalue weighted by molar-refractivity contribution is 0.0835. The molecule has 5 rings (SSSR count). The molecule has 1 aliphatic heterocycles. The van der Waals surface area contributed by atoms with E-state index in [4.69, 9.17) is 14.5 Å². The van der Waals surface area contributed by atoms with Crippen molar-refractivity contribution < 1.29 is 14.6 Å². The van der Waals surface area contributed by atoms with E-state index in [2.05, 4.69) is 22.3 Å². The number of aliphatic hydroxyl groups is 1. The summed E-state index contributed by atoms with van der Waals surface area (Å²) in [5.41, 5.74) is 3.72. The van der Waals surface area contributed by atoms with Crippen LogP contribution in [0.1, 0.15) is 56.1 Å². The fraction of sp³-hybridized carbons (Fsp3) is 0.640. The summed E-state index contributed by atoms with van der Waals surface area (Å²) >= 11 is 0. The highest BCUT2D eigenvalue weighted by atomic mass is 16.5. The fourth-order valence-electron chi connectivity index (χ4n) is 5.30. The SMILES string of the molecule is COc1cc2c3c(c(NC4CC(O)C4)nc2cc1OCCCN1CCCC1)CCCC3. The zero-order valence-electron chi connectivity index (χ0n) is 18.7. The first-order valence-corrected chi connectivity index (χ1v) is 12.0. The molecule has 6 nitrogen and oxygen atoms in total. The monoisotopic (exact) mass is 425 g/mol. The molecule has 168 valence electrons. The number of fused-ring (bicyclic) bond motifs is 3. The number of nitrogens with one attached hydrogen (secondary N) is 1. The van der Waals surface area contributed by atoms with E-state index in [1.54, 1.807) is 7.11 Å². The second kappa shape index (κ2) is 9.21. The Hall–Kier alpha value is -2.05. The molecule has 0 amide bonds. The van der Waals surface area contributed by atoms with Crippen LogP contribution >= 0.6 is 0 Å². The van der Waals surface area contributed by atoms with Crippen LogP contribution in [0.2, 0.25) is 0 Å². The van der Waals surface area contributed by atoms with Gasteiger partial charge < -0.3 is 24.8 Å². The van der Waals surface area contributed by atoms with Gasteiger partial charge in [0.1, 0.15) is 5.82 Å². The first-order valence-electron chi connectivity index (χ1n) is 12.0. The van der Waals surface area contributed by atoms with Crippen LogP contribution < -0.4 is 14.8 Å². The van der Waals surface area contributed by atoms with Gasteiger partial charge in [-0.1, -0.05) is 0 Å². The van der Waals surface area contributed by atoms with Crippen molar-refractivity contribution in [2.24, 2.45) is 0 Å². The summed E-state index contributed by atoms with van der Waals surface area (Å²) in [4.78, 5) is 7.54. The second-order valence-corrected chi connectivity index (χ2v) is 9.36. The number of aromatic nitrogens is 1. The van der Waals surface area contributed by atoms with Gasteiger partial charge in [0.15, 0.2) is 11.5 Å². The van der Waals surface area contributed by atoms with Crippen molar-refractivity contribution in [3.05, 3.63) is 23.3 Å². The van der Waals surface area contributed by atoms with Gasteiger partial charge in [0, 0.05) is 24.0 Å². The quantitative estimate of drug-likeness (QED) is 0.625. The minimum absolute atomic E-state index is 0.168. The molecule has 1 saturated heterocycles. The Morgan fingerprint density at radius 1 is 1.06 bits per heavy atom. The van der Waals surface area contributed by atoms with Crippen molar-refractivity contribution in [2.45, 2.75) is 69.9 Å². The zero-order valence-corrected chi connectivity index (χ0v) is 18.7. The molecule has 31 heavy (non-hydrogen) atoms. The molecule has 3 aliphatic rings. The topological polar surface area (TPSA) is 66.8 Å². The van der Waals surface area contributed by atoms with E-state index >= 15 is 0 Å². The Balaban J connectivity index is 1.39. The molecule has 0 atom stereocenters. The first-order chi connectivity index (χ1) is 15.2. The van der Waals surface area contributed by atoms with Crippen LogP contribution in [0.25, 0.3) is 10.9 Å². The minimum Gasteiger partial charge on any atom is -0.493 e. The van der Waals surface area contributed by atoms with Crippen LogP contribution in [0.5, 0.6) is 11.5 Å². The molecular formula is C25H35N3O3. The van der Waals surface area contributed by atoms with Gasteiger partial charge in [-0.15, -0.1) is 0 Å². The number of hydrogen-bond acceptors (Lipinski definition) is 6. The maximum absolute atomic E-state index is 9.68. The third-order valence-electron chi connectivity index (χ3n) is 7.12. The number of rotatable bonds is 8. The standard InChI is InChI=1S/C25H35N3O3/c1-30-23-15-21-19-7-2-3-8-20(19)25(26-17-13-18(29)14-17)27-22(21)16-24(23)31-12-6-11-28-9-4-5-10-28/h15-18,29H,2-14H2,1H3,(H,26,27). The summed E-state index contributed by atoms with van der Waals surface area (Å²) in [6.45, 7) is 4.24. The Morgan fingerprint density at radius 2 is 1.84 bits per heavy atom. The van der Waals surface area contributed by atoms with Gasteiger partial charge in [0.25, 0.3) is 0 Å². The number of aliphatic hydroxyl groups excluding tert-OH is 1. The van der Waals surface area contributed by atoms with Crippen LogP contribution in [-0.2, 0) is 12.8 Å². The molecule has 1 aromatic heterocycles. The highest BCUT2D eigenvalue weighted by molar-refractivity contribution is 5.89. The molecule has 1 saturated carbocycles. The number of pyridine rings is 1. The van der Waals surface area contributed by atoms with Crippen molar-refractivity contribution in [2.75, 3.05) is 38.7 Å². The van der Waals surface area contributed by atoms with E-state index < -0.39 is 0 Å². The molecule has 2 aromatic rings. The van der Waals surface area contributed by atoms with Crippen LogP contribution in [0, 0.1) is 0 Å². The van der Waals surface area contributed by atoms with Gasteiger partial charge in [0.05, 0.1) is 25.3 Å². The summed E-state index contributed by atoms with van der Waals surface area (Å²) in [5.74, 6) is 2.58. The van der Waals surface area contributed by atoms with E-state index in [-0.39, 0.29) is 6.10 Å². The number of methoxy groups -OCH3 is 1. The van der Waals surface area contributed by atoms with Gasteiger partial charge in [-0.05, 0) is 88.1 Å². The summed E-state index contributed by atoms with van der Waals surface area (Å²) in [7, 11) is 1.72. The zero-order chi connectivity index (χ0) is 21.2. The van der Waals surface area contributed by atoms with Crippen molar-refractivity contribution in [3.63, 3.8) is 0 Å². The lowest BCUT2D eigenvalue weighted by Crippen LogP contribution is -2.39. The Bertz CT molecular complexity index is 920. The molecule has 0 spiro atoms. The van der Waals surface area contributed by atoms with Crippen molar-refractivity contribution in [1.82, 2.24) is 9.88 Å². The van der Waals surface area contributed by atoms with Crippen molar-refractivity contribution in [3.8, 4) is 11.5 Å². The average molecular weight is 426 g/mol. The summed E-state index contributed by atoms with van der Waals surface area (Å²) < 4.78 is 11.9. The van der Waals surface area contributed by atoms with Crippen molar-refractivity contribution >= 4 is 16.7 Å². The molecular weight excluding hydrogens is 390 g/mol. The van der Waals surface area contributed by atoms with Gasteiger partial charge in [-0.25, -0.2) is 4.98 Å². The molecule has 2 aliphatic carbocycles. The van der Waals surface area contributed by atoms with Gasteiger partial charge >= 0.3 is 0 Å². The Kier molecular flexibility index (Phi) is 6.19. The normalized spacial score (nSPS) is 23.4. The molecule has 0 bridgehead atoms. The van der Waals surface area contributed by atoms with Gasteiger partial charge in [-0.3, -0.25) is 0 Å². The molecule has 1 aromatic carbocycles. The van der Waals surface area contributed by atoms with E-state index in [9.17, 15) is 5.11 Å². The van der Waals surface area contributed by atoms with E-state index in [0.29, 0.717) is 12.6 Å². The second-order valence-electron chi connectivity index (χ2n) is 9.36. The highest BCUT2D eigenvalue weighted by Crippen LogP contribution is 2.39. The third-order valence-corrected chi connectivity index (χ3v) is 7.12. The predicted octanol–water partition coefficient (Wildman–Crippen LogP) is 3.92. The number of likely N-dealkylation sites (tertiary alicyclic amines) is 1. The summed E-state index contributed by atoms with van der Waals surface area (Å²) in [6, 6.07) is 4.50. The largest absolute Gasteiger partial charge is 0.493 e. The molecule has 6 heteroatoms. The van der Waals surface area contributed by atoms with Crippen LogP contribution in [-0.4, -0.2) is 60.5 Å². The predicted molar refractivity (Wildman–Crippen MR) is 123 cm³/mol. The van der Waals surface area contributed by atoms with Crippen LogP contribution in [0.15, 0.2) is 12.1 Å².